The second-order valence-electron chi connectivity index (χ2n) is 5.42. The van der Waals surface area contributed by atoms with Gasteiger partial charge in [0.25, 0.3) is 0 Å². The first kappa shape index (κ1) is 17.2. The average molecular weight is 348 g/mol. The van der Waals surface area contributed by atoms with E-state index >= 15 is 0 Å². The molecule has 0 aliphatic heterocycles. The van der Waals surface area contributed by atoms with Crippen molar-refractivity contribution >= 4 is 0 Å². The average Bonchev–Trinajstić information content (AvgIpc) is 3.10. The van der Waals surface area contributed by atoms with E-state index in [1.54, 1.807) is 0 Å². The third-order valence-electron chi connectivity index (χ3n) is 3.69. The van der Waals surface area contributed by atoms with E-state index in [9.17, 15) is 18.3 Å². The number of hydrogen-bond acceptors (Lipinski definition) is 4. The van der Waals surface area contributed by atoms with Crippen LogP contribution in [0.3, 0.4) is 0 Å². The quantitative estimate of drug-likeness (QED) is 0.669. The molecule has 0 saturated carbocycles. The molecule has 2 N–H and O–H groups in total. The molecule has 3 rings (SSSR count). The van der Waals surface area contributed by atoms with E-state index in [2.05, 4.69) is 10.3 Å². The van der Waals surface area contributed by atoms with Crippen LogP contribution in [0.15, 0.2) is 53.1 Å². The van der Waals surface area contributed by atoms with E-state index in [0.29, 0.717) is 11.6 Å². The Hall–Kier alpha value is -2.64. The fraction of sp³-hybridized carbons (Fsp3) is 0.167. The molecular weight excluding hydrogens is 333 g/mol. The third-order valence-corrected chi connectivity index (χ3v) is 3.69. The molecule has 0 bridgehead atoms. The van der Waals surface area contributed by atoms with E-state index in [4.69, 9.17) is 4.42 Å². The molecule has 0 saturated heterocycles. The number of aromatic nitrogens is 1. The molecule has 1 unspecified atom stereocenters. The zero-order chi connectivity index (χ0) is 17.8. The maximum Gasteiger partial charge on any atom is 0.226 e. The first-order chi connectivity index (χ1) is 12.1. The number of hydrogen-bond donors (Lipinski definition) is 2. The minimum absolute atomic E-state index is 0.102. The van der Waals surface area contributed by atoms with Crippen LogP contribution in [0, 0.1) is 17.5 Å². The number of nitrogens with zero attached hydrogens (tertiary/aromatic N) is 1. The lowest BCUT2D eigenvalue weighted by Gasteiger charge is -2.16. The van der Waals surface area contributed by atoms with Gasteiger partial charge in [0.15, 0.2) is 17.5 Å². The number of oxazole rings is 1. The fourth-order valence-electron chi connectivity index (χ4n) is 2.39. The summed E-state index contributed by atoms with van der Waals surface area (Å²) in [7, 11) is 0. The zero-order valence-electron chi connectivity index (χ0n) is 13.0. The molecule has 1 atom stereocenters. The van der Waals surface area contributed by atoms with Gasteiger partial charge in [0.2, 0.25) is 5.89 Å². The van der Waals surface area contributed by atoms with Gasteiger partial charge in [0.1, 0.15) is 6.26 Å². The Kier molecular flexibility index (Phi) is 5.16. The molecule has 0 amide bonds. The Bertz CT molecular complexity index is 830. The summed E-state index contributed by atoms with van der Waals surface area (Å²) in [6, 6.07) is 10.2. The van der Waals surface area contributed by atoms with Crippen LogP contribution in [0.25, 0.3) is 11.5 Å². The minimum atomic E-state index is -1.54. The van der Waals surface area contributed by atoms with Gasteiger partial charge in [0.05, 0.1) is 18.3 Å². The first-order valence-electron chi connectivity index (χ1n) is 7.57. The van der Waals surface area contributed by atoms with Gasteiger partial charge in [-0.1, -0.05) is 18.2 Å². The lowest BCUT2D eigenvalue weighted by Crippen LogP contribution is -2.24. The molecule has 2 aromatic carbocycles. The number of halogens is 3. The third kappa shape index (κ3) is 3.89. The molecule has 7 heteroatoms. The van der Waals surface area contributed by atoms with E-state index in [1.807, 2.05) is 30.3 Å². The maximum atomic E-state index is 13.3. The number of nitrogens with one attached hydrogen (secondary N) is 1. The Labute approximate surface area is 141 Å². The Morgan fingerprint density at radius 3 is 2.40 bits per heavy atom. The minimum Gasteiger partial charge on any atom is -0.444 e. The van der Waals surface area contributed by atoms with E-state index < -0.39 is 30.1 Å². The van der Waals surface area contributed by atoms with Crippen molar-refractivity contribution in [1.82, 2.24) is 10.3 Å². The molecule has 130 valence electrons. The fourth-order valence-corrected chi connectivity index (χ4v) is 2.39. The molecule has 0 radical (unpaired) electrons. The molecule has 1 aromatic heterocycles. The second kappa shape index (κ2) is 7.50. The highest BCUT2D eigenvalue weighted by atomic mass is 19.2. The predicted octanol–water partition coefficient (Wildman–Crippen LogP) is 3.58. The van der Waals surface area contributed by atoms with Crippen LogP contribution < -0.4 is 5.32 Å². The van der Waals surface area contributed by atoms with Crippen molar-refractivity contribution in [2.75, 3.05) is 6.61 Å². The highest BCUT2D eigenvalue weighted by Gasteiger charge is 2.17. The topological polar surface area (TPSA) is 58.3 Å². The summed E-state index contributed by atoms with van der Waals surface area (Å²) in [5, 5.41) is 12.4. The lowest BCUT2D eigenvalue weighted by atomic mass is 10.1. The summed E-state index contributed by atoms with van der Waals surface area (Å²) in [4.78, 5) is 4.31. The monoisotopic (exact) mass is 348 g/mol. The number of aliphatic hydroxyl groups is 1. The van der Waals surface area contributed by atoms with Gasteiger partial charge in [-0.15, -0.1) is 0 Å². The van der Waals surface area contributed by atoms with Gasteiger partial charge >= 0.3 is 0 Å². The van der Waals surface area contributed by atoms with Crippen molar-refractivity contribution in [3.8, 4) is 11.5 Å². The molecule has 0 aliphatic carbocycles. The Morgan fingerprint density at radius 1 is 1.08 bits per heavy atom. The van der Waals surface area contributed by atoms with Crippen LogP contribution in [0.1, 0.15) is 17.3 Å². The summed E-state index contributed by atoms with van der Waals surface area (Å²) in [6.07, 6.45) is 1.45. The SMILES string of the molecule is OCC(NCc1coc(-c2ccccc2)n1)c1cc(F)c(F)c(F)c1. The Morgan fingerprint density at radius 2 is 1.76 bits per heavy atom. The van der Waals surface area contributed by atoms with Gasteiger partial charge < -0.3 is 14.8 Å². The van der Waals surface area contributed by atoms with E-state index in [1.165, 1.54) is 6.26 Å². The highest BCUT2D eigenvalue weighted by Crippen LogP contribution is 2.21. The van der Waals surface area contributed by atoms with Crippen molar-refractivity contribution in [2.24, 2.45) is 0 Å². The van der Waals surface area contributed by atoms with Crippen LogP contribution in [0.4, 0.5) is 13.2 Å². The number of benzene rings is 2. The molecule has 3 aromatic rings. The first-order valence-corrected chi connectivity index (χ1v) is 7.57. The van der Waals surface area contributed by atoms with Gasteiger partial charge in [-0.3, -0.25) is 0 Å². The summed E-state index contributed by atoms with van der Waals surface area (Å²) in [5.74, 6) is -3.70. The summed E-state index contributed by atoms with van der Waals surface area (Å²) in [6.45, 7) is -0.226. The van der Waals surface area contributed by atoms with Gasteiger partial charge in [-0.05, 0) is 29.8 Å². The van der Waals surface area contributed by atoms with Crippen molar-refractivity contribution in [2.45, 2.75) is 12.6 Å². The number of aliphatic hydroxyl groups excluding tert-OH is 1. The van der Waals surface area contributed by atoms with Crippen LogP contribution in [-0.2, 0) is 6.54 Å². The molecule has 4 nitrogen and oxygen atoms in total. The van der Waals surface area contributed by atoms with Crippen molar-refractivity contribution in [1.29, 1.82) is 0 Å². The van der Waals surface area contributed by atoms with Crippen molar-refractivity contribution < 1.29 is 22.7 Å². The van der Waals surface area contributed by atoms with Gasteiger partial charge in [-0.25, -0.2) is 18.2 Å². The maximum absolute atomic E-state index is 13.3. The molecule has 1 heterocycles. The molecular formula is C18H15F3N2O2. The highest BCUT2D eigenvalue weighted by molar-refractivity contribution is 5.52. The standard InChI is InChI=1S/C18H15F3N2O2/c19-14-6-12(7-15(20)17(14)21)16(9-24)22-8-13-10-25-18(23-13)11-4-2-1-3-5-11/h1-7,10,16,22,24H,8-9H2. The van der Waals surface area contributed by atoms with Crippen LogP contribution in [0.2, 0.25) is 0 Å². The summed E-state index contributed by atoms with van der Waals surface area (Å²) < 4.78 is 45.1. The molecule has 0 fully saturated rings. The Balaban J connectivity index is 1.71. The van der Waals surface area contributed by atoms with Crippen LogP contribution in [0.5, 0.6) is 0 Å². The molecule has 25 heavy (non-hydrogen) atoms. The van der Waals surface area contributed by atoms with Crippen molar-refractivity contribution in [3.05, 3.63) is 77.4 Å². The largest absolute Gasteiger partial charge is 0.444 e. The number of rotatable bonds is 6. The normalized spacial score (nSPS) is 12.3. The van der Waals surface area contributed by atoms with Crippen LogP contribution >= 0.6 is 0 Å². The van der Waals surface area contributed by atoms with Gasteiger partial charge in [-0.2, -0.15) is 0 Å². The summed E-state index contributed by atoms with van der Waals surface area (Å²) in [5.41, 5.74) is 1.47. The molecule has 0 spiro atoms. The van der Waals surface area contributed by atoms with E-state index in [0.717, 1.165) is 17.7 Å². The van der Waals surface area contributed by atoms with Gasteiger partial charge in [0, 0.05) is 12.1 Å². The van der Waals surface area contributed by atoms with Crippen molar-refractivity contribution in [3.63, 3.8) is 0 Å². The smallest absolute Gasteiger partial charge is 0.226 e. The van der Waals surface area contributed by atoms with E-state index in [-0.39, 0.29) is 12.1 Å². The second-order valence-corrected chi connectivity index (χ2v) is 5.42. The van der Waals surface area contributed by atoms with Crippen LogP contribution in [-0.4, -0.2) is 16.7 Å². The zero-order valence-corrected chi connectivity index (χ0v) is 13.0. The molecule has 0 aliphatic rings. The summed E-state index contributed by atoms with van der Waals surface area (Å²) >= 11 is 0. The predicted molar refractivity (Wildman–Crippen MR) is 84.9 cm³/mol. The lowest BCUT2D eigenvalue weighted by molar-refractivity contribution is 0.242.